The zero-order chi connectivity index (χ0) is 29.4. The molecule has 0 spiro atoms. The van der Waals surface area contributed by atoms with E-state index in [0.717, 1.165) is 35.0 Å². The second-order valence-corrected chi connectivity index (χ2v) is 10.9. The number of carbonyl (C=O) groups excluding carboxylic acids is 2. The molecular formula is C30H26FN5O5S. The number of benzene rings is 3. The summed E-state index contributed by atoms with van der Waals surface area (Å²) in [4.78, 5) is 47.3. The van der Waals surface area contributed by atoms with Crippen molar-refractivity contribution in [3.63, 3.8) is 0 Å². The number of piperazine rings is 1. The van der Waals surface area contributed by atoms with E-state index in [1.54, 1.807) is 11.4 Å². The second kappa shape index (κ2) is 11.1. The highest BCUT2D eigenvalue weighted by Gasteiger charge is 2.39. The zero-order valence-corrected chi connectivity index (χ0v) is 23.1. The molecule has 10 nitrogen and oxygen atoms in total. The molecule has 1 saturated heterocycles. The summed E-state index contributed by atoms with van der Waals surface area (Å²) in [6.07, 6.45) is 0.619. The fourth-order valence-electron chi connectivity index (χ4n) is 5.39. The van der Waals surface area contributed by atoms with Crippen molar-refractivity contribution in [2.45, 2.75) is 12.6 Å². The number of amides is 3. The Balaban J connectivity index is 1.25. The van der Waals surface area contributed by atoms with E-state index in [0.29, 0.717) is 42.4 Å². The minimum Gasteiger partial charge on any atom is -0.508 e. The van der Waals surface area contributed by atoms with E-state index in [2.05, 4.69) is 15.2 Å². The number of aromatic hydroxyl groups is 1. The SMILES string of the molecule is O=C(Nc1nccs1)C(c1cc(F)ccc1O)N1Cc2ccc(-c3ccc(N4CCN(C(=O)O)CC4)cc3)cc2C1=O. The van der Waals surface area contributed by atoms with Crippen LogP contribution < -0.4 is 10.2 Å². The van der Waals surface area contributed by atoms with Gasteiger partial charge in [0.2, 0.25) is 0 Å². The van der Waals surface area contributed by atoms with E-state index >= 15 is 0 Å². The quantitative estimate of drug-likeness (QED) is 0.296. The van der Waals surface area contributed by atoms with E-state index in [1.165, 1.54) is 27.3 Å². The van der Waals surface area contributed by atoms with Crippen molar-refractivity contribution in [2.24, 2.45) is 0 Å². The van der Waals surface area contributed by atoms with Crippen LogP contribution in [0.5, 0.6) is 5.75 Å². The number of carbonyl (C=O) groups is 3. The van der Waals surface area contributed by atoms with Crippen molar-refractivity contribution in [1.29, 1.82) is 0 Å². The molecule has 6 rings (SSSR count). The molecule has 2 aliphatic rings. The number of hydrogen-bond donors (Lipinski definition) is 3. The van der Waals surface area contributed by atoms with E-state index in [1.807, 2.05) is 36.4 Å². The van der Waals surface area contributed by atoms with Crippen LogP contribution in [0.3, 0.4) is 0 Å². The number of nitrogens with zero attached hydrogens (tertiary/aromatic N) is 4. The highest BCUT2D eigenvalue weighted by Crippen LogP contribution is 2.38. The molecule has 3 amide bonds. The smallest absolute Gasteiger partial charge is 0.407 e. The van der Waals surface area contributed by atoms with Gasteiger partial charge in [-0.2, -0.15) is 0 Å². The lowest BCUT2D eigenvalue weighted by molar-refractivity contribution is -0.120. The molecule has 214 valence electrons. The van der Waals surface area contributed by atoms with Crippen molar-refractivity contribution >= 4 is 40.1 Å². The van der Waals surface area contributed by atoms with Crippen LogP contribution in [0.15, 0.2) is 72.2 Å². The lowest BCUT2D eigenvalue weighted by Gasteiger charge is -2.34. The monoisotopic (exact) mass is 587 g/mol. The van der Waals surface area contributed by atoms with Crippen LogP contribution in [0.4, 0.5) is 20.0 Å². The number of hydrogen-bond acceptors (Lipinski definition) is 7. The summed E-state index contributed by atoms with van der Waals surface area (Å²) in [5, 5.41) is 24.4. The van der Waals surface area contributed by atoms with Crippen LogP contribution in [0.2, 0.25) is 0 Å². The van der Waals surface area contributed by atoms with E-state index in [-0.39, 0.29) is 17.9 Å². The van der Waals surface area contributed by atoms with Crippen molar-refractivity contribution in [1.82, 2.24) is 14.8 Å². The average Bonchev–Trinajstić information content (AvgIpc) is 3.62. The number of nitrogens with one attached hydrogen (secondary N) is 1. The van der Waals surface area contributed by atoms with Gasteiger partial charge in [-0.25, -0.2) is 14.2 Å². The minimum absolute atomic E-state index is 0.0230. The number of phenolic OH excluding ortho intramolecular Hbond substituents is 1. The standard InChI is InChI=1S/C30H26FN5O5S/c31-21-5-8-25(37)24(16-21)26(27(38)33-29-32-9-14-42-29)36-17-20-2-1-19(15-23(20)28(36)39)18-3-6-22(7-4-18)34-10-12-35(13-11-34)30(40)41/h1-9,14-16,26,37H,10-13,17H2,(H,40,41)(H,32,33,38). The van der Waals surface area contributed by atoms with Crippen LogP contribution in [0.1, 0.15) is 27.5 Å². The number of fused-ring (bicyclic) bond motifs is 1. The van der Waals surface area contributed by atoms with Crippen LogP contribution in [0.25, 0.3) is 11.1 Å². The summed E-state index contributed by atoms with van der Waals surface area (Å²) in [5.41, 5.74) is 3.78. The van der Waals surface area contributed by atoms with Crippen molar-refractivity contribution in [3.05, 3.63) is 94.7 Å². The molecule has 3 aromatic carbocycles. The lowest BCUT2D eigenvalue weighted by atomic mass is 10.00. The van der Waals surface area contributed by atoms with E-state index in [9.17, 15) is 29.0 Å². The third kappa shape index (κ3) is 5.23. The molecule has 3 N–H and O–H groups in total. The van der Waals surface area contributed by atoms with Crippen LogP contribution in [-0.4, -0.2) is 69.1 Å². The van der Waals surface area contributed by atoms with Gasteiger partial charge in [-0.1, -0.05) is 24.3 Å². The Morgan fingerprint density at radius 1 is 0.976 bits per heavy atom. The largest absolute Gasteiger partial charge is 0.508 e. The molecule has 12 heteroatoms. The van der Waals surface area contributed by atoms with E-state index in [4.69, 9.17) is 0 Å². The number of phenols is 1. The Kier molecular flexibility index (Phi) is 7.21. The maximum Gasteiger partial charge on any atom is 0.407 e. The highest BCUT2D eigenvalue weighted by atomic mass is 32.1. The van der Waals surface area contributed by atoms with Gasteiger partial charge in [-0.3, -0.25) is 14.9 Å². The Hall–Kier alpha value is -4.97. The maximum absolute atomic E-state index is 14.2. The Bertz CT molecular complexity index is 1660. The Morgan fingerprint density at radius 2 is 1.71 bits per heavy atom. The average molecular weight is 588 g/mol. The van der Waals surface area contributed by atoms with Gasteiger partial charge >= 0.3 is 6.09 Å². The van der Waals surface area contributed by atoms with Gasteiger partial charge in [0.25, 0.3) is 11.8 Å². The molecule has 1 fully saturated rings. The fraction of sp³-hybridized carbons (Fsp3) is 0.200. The second-order valence-electron chi connectivity index (χ2n) is 10.0. The Labute approximate surface area is 244 Å². The number of anilines is 2. The van der Waals surface area contributed by atoms with Crippen LogP contribution >= 0.6 is 11.3 Å². The number of halogens is 1. The normalized spacial score (nSPS) is 15.5. The lowest BCUT2D eigenvalue weighted by Crippen LogP contribution is -2.48. The zero-order valence-electron chi connectivity index (χ0n) is 22.2. The minimum atomic E-state index is -1.30. The molecule has 4 aromatic rings. The summed E-state index contributed by atoms with van der Waals surface area (Å²) < 4.78 is 14.2. The van der Waals surface area contributed by atoms with Crippen LogP contribution in [-0.2, 0) is 11.3 Å². The summed E-state index contributed by atoms with van der Waals surface area (Å²) >= 11 is 1.20. The predicted octanol–water partition coefficient (Wildman–Crippen LogP) is 4.79. The molecule has 1 unspecified atom stereocenters. The molecule has 3 heterocycles. The summed E-state index contributed by atoms with van der Waals surface area (Å²) in [5.74, 6) is -1.98. The van der Waals surface area contributed by atoms with Crippen molar-refractivity contribution < 1.29 is 29.0 Å². The molecule has 0 bridgehead atoms. The van der Waals surface area contributed by atoms with Gasteiger partial charge in [0.05, 0.1) is 0 Å². The number of rotatable bonds is 6. The third-order valence-corrected chi connectivity index (χ3v) is 8.25. The van der Waals surface area contributed by atoms with Gasteiger partial charge in [-0.15, -0.1) is 11.3 Å². The Morgan fingerprint density at radius 3 is 2.40 bits per heavy atom. The topological polar surface area (TPSA) is 126 Å². The van der Waals surface area contributed by atoms with Crippen molar-refractivity contribution in [3.8, 4) is 16.9 Å². The van der Waals surface area contributed by atoms with Gasteiger partial charge in [0, 0.05) is 61.1 Å². The summed E-state index contributed by atoms with van der Waals surface area (Å²) in [7, 11) is 0. The first-order chi connectivity index (χ1) is 20.3. The van der Waals surface area contributed by atoms with Gasteiger partial charge in [-0.05, 0) is 53.1 Å². The molecule has 2 aliphatic heterocycles. The summed E-state index contributed by atoms with van der Waals surface area (Å²) in [6.45, 7) is 2.19. The number of carboxylic acid groups (broad SMARTS) is 1. The molecule has 1 atom stereocenters. The van der Waals surface area contributed by atoms with Gasteiger partial charge in [0.1, 0.15) is 17.6 Å². The maximum atomic E-state index is 14.2. The highest BCUT2D eigenvalue weighted by molar-refractivity contribution is 7.13. The molecule has 1 aromatic heterocycles. The number of aromatic nitrogens is 1. The molecular weight excluding hydrogens is 561 g/mol. The third-order valence-electron chi connectivity index (χ3n) is 7.56. The molecule has 0 radical (unpaired) electrons. The fourth-order valence-corrected chi connectivity index (χ4v) is 5.92. The molecule has 0 saturated carbocycles. The first-order valence-corrected chi connectivity index (χ1v) is 14.1. The summed E-state index contributed by atoms with van der Waals surface area (Å²) in [6, 6.07) is 15.4. The van der Waals surface area contributed by atoms with Gasteiger partial charge < -0.3 is 24.9 Å². The first-order valence-electron chi connectivity index (χ1n) is 13.2. The van der Waals surface area contributed by atoms with Gasteiger partial charge in [0.15, 0.2) is 5.13 Å². The number of thiazole rings is 1. The molecule has 0 aliphatic carbocycles. The van der Waals surface area contributed by atoms with E-state index < -0.39 is 29.8 Å². The first kappa shape index (κ1) is 27.2. The molecule has 42 heavy (non-hydrogen) atoms. The van der Waals surface area contributed by atoms with Crippen molar-refractivity contribution in [2.75, 3.05) is 36.4 Å². The predicted molar refractivity (Wildman–Crippen MR) is 155 cm³/mol. The van der Waals surface area contributed by atoms with Crippen LogP contribution in [0, 0.1) is 5.82 Å².